The lowest BCUT2D eigenvalue weighted by Gasteiger charge is -2.50. The van der Waals surface area contributed by atoms with E-state index in [1.165, 1.54) is 11.1 Å². The fourth-order valence-corrected chi connectivity index (χ4v) is 9.99. The largest absolute Gasteiger partial charge is 0.490 e. The molecule has 1 unspecified atom stereocenters. The van der Waals surface area contributed by atoms with Crippen molar-refractivity contribution in [2.45, 2.75) is 81.5 Å². The lowest BCUT2D eigenvalue weighted by atomic mass is 9.63. The van der Waals surface area contributed by atoms with Crippen molar-refractivity contribution in [1.29, 1.82) is 0 Å². The van der Waals surface area contributed by atoms with Crippen molar-refractivity contribution in [3.05, 3.63) is 58.1 Å². The zero-order chi connectivity index (χ0) is 32.7. The van der Waals surface area contributed by atoms with Crippen LogP contribution in [0.2, 0.25) is 5.02 Å². The predicted molar refractivity (Wildman–Crippen MR) is 185 cm³/mol. The molecule has 8 nitrogen and oxygen atoms in total. The van der Waals surface area contributed by atoms with Gasteiger partial charge in [0.2, 0.25) is 10.0 Å². The van der Waals surface area contributed by atoms with Gasteiger partial charge in [0.15, 0.2) is 0 Å². The molecule has 2 aromatic rings. The summed E-state index contributed by atoms with van der Waals surface area (Å²) in [6, 6.07) is 11.4. The number of nitrogens with zero attached hydrogens (tertiary/aromatic N) is 1. The van der Waals surface area contributed by atoms with Gasteiger partial charge in [-0.15, -0.1) is 0 Å². The number of carbonyl (C=O) groups is 1. The van der Waals surface area contributed by atoms with Crippen LogP contribution in [0.4, 0.5) is 5.69 Å². The minimum Gasteiger partial charge on any atom is -0.490 e. The number of ether oxygens (including phenoxy) is 2. The maximum absolute atomic E-state index is 13.5. The number of halogens is 2. The van der Waals surface area contributed by atoms with E-state index < -0.39 is 26.8 Å². The van der Waals surface area contributed by atoms with Crippen LogP contribution < -0.4 is 14.4 Å². The molecule has 46 heavy (non-hydrogen) atoms. The molecule has 2 bridgehead atoms. The Bertz CT molecular complexity index is 1560. The van der Waals surface area contributed by atoms with E-state index >= 15 is 0 Å². The summed E-state index contributed by atoms with van der Waals surface area (Å²) in [5, 5.41) is 12.9. The Morgan fingerprint density at radius 3 is 2.72 bits per heavy atom. The topological polar surface area (TPSA) is 105 Å². The number of carbonyl (C=O) groups excluding carboxylic acids is 1. The first-order valence-electron chi connectivity index (χ1n) is 16.7. The maximum atomic E-state index is 13.5. The van der Waals surface area contributed by atoms with Crippen molar-refractivity contribution in [2.75, 3.05) is 43.1 Å². The van der Waals surface area contributed by atoms with Gasteiger partial charge in [0.1, 0.15) is 5.75 Å². The Balaban J connectivity index is 1.42. The second kappa shape index (κ2) is 13.6. The summed E-state index contributed by atoms with van der Waals surface area (Å²) in [5.41, 5.74) is 2.25. The highest BCUT2D eigenvalue weighted by Gasteiger charge is 2.49. The number of anilines is 1. The Kier molecular flexibility index (Phi) is 10.0. The molecule has 1 saturated carbocycles. The number of aliphatic hydroxyl groups is 1. The maximum Gasteiger partial charge on any atom is 0.264 e. The second-order valence-electron chi connectivity index (χ2n) is 14.1. The highest BCUT2D eigenvalue weighted by molar-refractivity contribution is 9.09. The summed E-state index contributed by atoms with van der Waals surface area (Å²) in [6.07, 6.45) is 6.63. The van der Waals surface area contributed by atoms with Crippen molar-refractivity contribution in [3.63, 3.8) is 0 Å². The summed E-state index contributed by atoms with van der Waals surface area (Å²) >= 11 is 9.87. The number of sulfonamides is 1. The number of benzene rings is 2. The van der Waals surface area contributed by atoms with Gasteiger partial charge in [-0.2, -0.15) is 0 Å². The van der Waals surface area contributed by atoms with Crippen LogP contribution in [-0.4, -0.2) is 68.5 Å². The Morgan fingerprint density at radius 2 is 1.96 bits per heavy atom. The van der Waals surface area contributed by atoms with Crippen molar-refractivity contribution in [1.82, 2.24) is 4.72 Å². The van der Waals surface area contributed by atoms with Crippen LogP contribution >= 0.6 is 27.5 Å². The van der Waals surface area contributed by atoms with Crippen molar-refractivity contribution in [3.8, 4) is 5.75 Å². The number of fused-ring (bicyclic) bond motifs is 4. The van der Waals surface area contributed by atoms with Crippen LogP contribution in [0.25, 0.3) is 0 Å². The lowest BCUT2D eigenvalue weighted by molar-refractivity contribution is -0.131. The molecule has 6 rings (SSSR count). The molecule has 1 spiro atoms. The monoisotopic (exact) mass is 736 g/mol. The standard InChI is InChI=1S/C35H46BrClN2O6S/c1-23-5-3-14-35(41,22-44-16-15-36)30-10-7-27(30)19-39-20-34(13-4-6-25-17-28(37)9-11-29(25)34)21-45-32-12-8-26(18-31(32)39)33(40)38-46(42,43)24(23)2/h8-9,11-12,17-18,23-24,27,30,41H,3-7,10,13-16,19-22H2,1-2H3,(H,38,40)/t23-,24+,27-,30+,34-,35?/m0/s1. The summed E-state index contributed by atoms with van der Waals surface area (Å²) < 4.78 is 41.6. The SMILES string of the molecule is C[C@@H]1[C@@H](C)CCCC(O)(COCCBr)[C@@H]2CC[C@H]2CN2C[C@@]3(CCCc4cc(Cl)ccc43)COc3ccc(cc32)C(=O)NS1(=O)=O. The van der Waals surface area contributed by atoms with E-state index in [4.69, 9.17) is 21.1 Å². The minimum atomic E-state index is -3.94. The van der Waals surface area contributed by atoms with Gasteiger partial charge in [0.25, 0.3) is 5.91 Å². The van der Waals surface area contributed by atoms with Gasteiger partial charge in [-0.05, 0) is 111 Å². The van der Waals surface area contributed by atoms with Crippen LogP contribution in [0.15, 0.2) is 36.4 Å². The molecular formula is C35H46BrClN2O6S. The third-order valence-electron chi connectivity index (χ3n) is 11.2. The van der Waals surface area contributed by atoms with E-state index in [2.05, 4.69) is 37.7 Å². The third kappa shape index (κ3) is 6.71. The quantitative estimate of drug-likeness (QED) is 0.283. The lowest BCUT2D eigenvalue weighted by Crippen LogP contribution is -2.54. The molecule has 0 aromatic heterocycles. The number of amides is 1. The van der Waals surface area contributed by atoms with Crippen molar-refractivity contribution < 1.29 is 27.8 Å². The summed E-state index contributed by atoms with van der Waals surface area (Å²) in [7, 11) is -3.94. The molecule has 4 aliphatic rings. The number of alkyl halides is 1. The van der Waals surface area contributed by atoms with E-state index in [1.807, 2.05) is 13.0 Å². The Morgan fingerprint density at radius 1 is 1.13 bits per heavy atom. The smallest absolute Gasteiger partial charge is 0.264 e. The van der Waals surface area contributed by atoms with Gasteiger partial charge >= 0.3 is 0 Å². The van der Waals surface area contributed by atoms with Gasteiger partial charge in [-0.1, -0.05) is 46.9 Å². The average Bonchev–Trinajstić information content (AvgIpc) is 3.15. The number of hydrogen-bond donors (Lipinski definition) is 2. The third-order valence-corrected chi connectivity index (χ3v) is 13.7. The van der Waals surface area contributed by atoms with Gasteiger partial charge in [-0.25, -0.2) is 13.1 Å². The molecule has 11 heteroatoms. The summed E-state index contributed by atoms with van der Waals surface area (Å²) in [4.78, 5) is 15.8. The first-order valence-corrected chi connectivity index (χ1v) is 19.7. The van der Waals surface area contributed by atoms with E-state index in [1.54, 1.807) is 25.1 Å². The van der Waals surface area contributed by atoms with E-state index in [-0.39, 0.29) is 35.3 Å². The van der Waals surface area contributed by atoms with Crippen LogP contribution in [0.1, 0.15) is 80.3 Å². The first-order chi connectivity index (χ1) is 21.9. The first kappa shape index (κ1) is 34.0. The molecule has 1 amide bonds. The molecular weight excluding hydrogens is 692 g/mol. The molecule has 0 radical (unpaired) electrons. The molecule has 6 atom stereocenters. The predicted octanol–water partition coefficient (Wildman–Crippen LogP) is 6.25. The zero-order valence-electron chi connectivity index (χ0n) is 26.8. The highest BCUT2D eigenvalue weighted by Crippen LogP contribution is 2.49. The number of hydrogen-bond acceptors (Lipinski definition) is 7. The number of aryl methyl sites for hydroxylation is 1. The normalized spacial score (nSPS) is 32.7. The summed E-state index contributed by atoms with van der Waals surface area (Å²) in [5.74, 6) is 0.0942. The number of nitrogens with one attached hydrogen (secondary N) is 1. The van der Waals surface area contributed by atoms with Gasteiger partial charge < -0.3 is 19.5 Å². The van der Waals surface area contributed by atoms with Crippen molar-refractivity contribution in [2.24, 2.45) is 17.8 Å². The zero-order valence-corrected chi connectivity index (χ0v) is 29.9. The van der Waals surface area contributed by atoms with Gasteiger partial charge in [-0.3, -0.25) is 4.79 Å². The van der Waals surface area contributed by atoms with Crippen LogP contribution in [-0.2, 0) is 26.6 Å². The van der Waals surface area contributed by atoms with Crippen LogP contribution in [0.5, 0.6) is 5.75 Å². The molecule has 2 aliphatic heterocycles. The second-order valence-corrected chi connectivity index (χ2v) is 17.4. The Hall–Kier alpha value is -1.85. The van der Waals surface area contributed by atoms with E-state index in [0.29, 0.717) is 56.6 Å². The minimum absolute atomic E-state index is 0.0414. The van der Waals surface area contributed by atoms with Crippen molar-refractivity contribution >= 4 is 49.1 Å². The van der Waals surface area contributed by atoms with E-state index in [9.17, 15) is 18.3 Å². The molecule has 2 heterocycles. The fourth-order valence-electron chi connectivity index (χ4n) is 8.25. The molecule has 0 saturated heterocycles. The van der Waals surface area contributed by atoms with Gasteiger partial charge in [0.05, 0.1) is 36.4 Å². The molecule has 2 N–H and O–H groups in total. The average molecular weight is 738 g/mol. The molecule has 2 aliphatic carbocycles. The van der Waals surface area contributed by atoms with Crippen LogP contribution in [0, 0.1) is 17.8 Å². The highest BCUT2D eigenvalue weighted by atomic mass is 79.9. The fraction of sp³-hybridized carbons (Fsp3) is 0.629. The molecule has 1 fully saturated rings. The van der Waals surface area contributed by atoms with Crippen LogP contribution in [0.3, 0.4) is 0 Å². The Labute approximate surface area is 286 Å². The molecule has 2 aromatic carbocycles. The summed E-state index contributed by atoms with van der Waals surface area (Å²) in [6.45, 7) is 6.15. The van der Waals surface area contributed by atoms with Gasteiger partial charge in [0, 0.05) is 34.4 Å². The molecule has 252 valence electrons. The number of rotatable bonds is 4. The van der Waals surface area contributed by atoms with E-state index in [0.717, 1.165) is 42.8 Å².